The van der Waals surface area contributed by atoms with E-state index >= 15 is 0 Å². The molecule has 0 saturated carbocycles. The molecule has 8 heteroatoms. The van der Waals surface area contributed by atoms with E-state index in [1.807, 2.05) is 92.0 Å². The van der Waals surface area contributed by atoms with Crippen LogP contribution in [0.3, 0.4) is 0 Å². The Morgan fingerprint density at radius 1 is 0.833 bits per heavy atom. The fraction of sp³-hybridized carbons (Fsp3) is 0.235. The van der Waals surface area contributed by atoms with E-state index in [4.69, 9.17) is 0 Å². The fourth-order valence-corrected chi connectivity index (χ4v) is 6.06. The molecule has 0 radical (unpaired) electrons. The molecular formula is C34H33N5O3. The highest BCUT2D eigenvalue weighted by Crippen LogP contribution is 2.35. The van der Waals surface area contributed by atoms with Crippen LogP contribution in [0.4, 0.5) is 11.5 Å². The minimum atomic E-state index is -0.465. The average Bonchev–Trinajstić information content (AvgIpc) is 3.44. The number of benzene rings is 3. The van der Waals surface area contributed by atoms with Gasteiger partial charge in [0.05, 0.1) is 6.04 Å². The van der Waals surface area contributed by atoms with Crippen LogP contribution >= 0.6 is 0 Å². The number of hydrogen-bond acceptors (Lipinski definition) is 5. The molecule has 8 nitrogen and oxygen atoms in total. The second-order valence-electron chi connectivity index (χ2n) is 11.0. The predicted octanol–water partition coefficient (Wildman–Crippen LogP) is 4.63. The number of nitrogens with one attached hydrogen (secondary N) is 2. The summed E-state index contributed by atoms with van der Waals surface area (Å²) in [6.07, 6.45) is 2.87. The summed E-state index contributed by atoms with van der Waals surface area (Å²) in [5, 5.41) is 5.89. The van der Waals surface area contributed by atoms with E-state index in [9.17, 15) is 14.4 Å². The van der Waals surface area contributed by atoms with E-state index in [1.54, 1.807) is 23.2 Å². The lowest BCUT2D eigenvalue weighted by molar-refractivity contribution is -0.148. The van der Waals surface area contributed by atoms with Gasteiger partial charge >= 0.3 is 0 Å². The minimum Gasteiger partial charge on any atom is -0.325 e. The molecule has 2 heterocycles. The monoisotopic (exact) mass is 559 g/mol. The summed E-state index contributed by atoms with van der Waals surface area (Å²) in [6.45, 7) is 0.533. The molecule has 3 atom stereocenters. The Kier molecular flexibility index (Phi) is 7.79. The molecule has 42 heavy (non-hydrogen) atoms. The van der Waals surface area contributed by atoms with Gasteiger partial charge in [-0.3, -0.25) is 19.3 Å². The molecule has 0 spiro atoms. The van der Waals surface area contributed by atoms with E-state index in [-0.39, 0.29) is 36.2 Å². The molecule has 2 aliphatic rings. The van der Waals surface area contributed by atoms with E-state index in [0.29, 0.717) is 30.9 Å². The highest BCUT2D eigenvalue weighted by atomic mass is 16.2. The number of carbonyl (C=O) groups is 3. The third-order valence-corrected chi connectivity index (χ3v) is 8.12. The maximum absolute atomic E-state index is 14.0. The van der Waals surface area contributed by atoms with Gasteiger partial charge in [0.2, 0.25) is 17.7 Å². The Balaban J connectivity index is 1.16. The van der Waals surface area contributed by atoms with Crippen molar-refractivity contribution in [3.05, 3.63) is 126 Å². The number of likely N-dealkylation sites (N-methyl/N-ethyl adjacent to an activating group) is 1. The second kappa shape index (κ2) is 12.0. The van der Waals surface area contributed by atoms with Crippen molar-refractivity contribution in [2.75, 3.05) is 30.8 Å². The molecule has 1 aromatic heterocycles. The first-order chi connectivity index (χ1) is 20.5. The Hall–Kier alpha value is -4.82. The summed E-state index contributed by atoms with van der Waals surface area (Å²) >= 11 is 0. The first-order valence-electron chi connectivity index (χ1n) is 14.2. The van der Waals surface area contributed by atoms with Gasteiger partial charge in [-0.1, -0.05) is 72.8 Å². The Labute approximate surface area is 245 Å². The molecule has 1 saturated heterocycles. The van der Waals surface area contributed by atoms with Crippen LogP contribution in [-0.2, 0) is 27.2 Å². The van der Waals surface area contributed by atoms with Gasteiger partial charge in [0, 0.05) is 24.3 Å². The zero-order valence-corrected chi connectivity index (χ0v) is 23.4. The Morgan fingerprint density at radius 3 is 2.24 bits per heavy atom. The number of nitrogens with zero attached hydrogens (tertiary/aromatic N) is 3. The van der Waals surface area contributed by atoms with Gasteiger partial charge in [0.1, 0.15) is 18.4 Å². The summed E-state index contributed by atoms with van der Waals surface area (Å²) in [5.74, 6) is -0.0904. The topological polar surface area (TPSA) is 94.6 Å². The maximum atomic E-state index is 14.0. The van der Waals surface area contributed by atoms with Gasteiger partial charge in [-0.25, -0.2) is 4.98 Å². The lowest BCUT2D eigenvalue weighted by Gasteiger charge is -2.44. The number of rotatable bonds is 7. The largest absolute Gasteiger partial charge is 0.325 e. The molecule has 6 rings (SSSR count). The van der Waals surface area contributed by atoms with Crippen LogP contribution in [0.5, 0.6) is 0 Å². The molecule has 3 aromatic carbocycles. The standard InChI is InChI=1S/C34H33N5O3/c1-38-21-29(23-10-4-2-5-11-23)39(34(42)32(38)24-12-6-3-7-13-24)22-31(40)36-28-16-15-25-18-27(19-26(25)20-28)33(41)37-30-14-8-9-17-35-30/h2-17,20,27,29,32H,18-19,21-22H2,1H3,(H,36,40)(H,35,37,41)/t27?,29-,32+/m0/s1. The molecule has 1 fully saturated rings. The summed E-state index contributed by atoms with van der Waals surface area (Å²) in [6, 6.07) is 30.0. The van der Waals surface area contributed by atoms with Crippen LogP contribution in [0.15, 0.2) is 103 Å². The van der Waals surface area contributed by atoms with Gasteiger partial charge in [0.25, 0.3) is 0 Å². The van der Waals surface area contributed by atoms with E-state index in [0.717, 1.165) is 22.3 Å². The summed E-state index contributed by atoms with van der Waals surface area (Å²) < 4.78 is 0. The number of pyridine rings is 1. The number of aromatic nitrogens is 1. The van der Waals surface area contributed by atoms with Gasteiger partial charge in [-0.2, -0.15) is 0 Å². The molecule has 212 valence electrons. The Morgan fingerprint density at radius 2 is 1.52 bits per heavy atom. The highest BCUT2D eigenvalue weighted by Gasteiger charge is 2.41. The molecule has 3 amide bonds. The average molecular weight is 560 g/mol. The molecule has 0 bridgehead atoms. The molecule has 1 unspecified atom stereocenters. The van der Waals surface area contributed by atoms with E-state index in [1.165, 1.54) is 0 Å². The van der Waals surface area contributed by atoms with Crippen LogP contribution < -0.4 is 10.6 Å². The smallest absolute Gasteiger partial charge is 0.245 e. The number of carbonyl (C=O) groups excluding carboxylic acids is 3. The quantitative estimate of drug-likeness (QED) is 0.344. The van der Waals surface area contributed by atoms with Crippen molar-refractivity contribution in [1.82, 2.24) is 14.8 Å². The Bertz CT molecular complexity index is 1580. The molecule has 2 N–H and O–H groups in total. The molecule has 4 aromatic rings. The predicted molar refractivity (Wildman–Crippen MR) is 162 cm³/mol. The minimum absolute atomic E-state index is 0.0658. The number of anilines is 2. The number of hydrogen-bond donors (Lipinski definition) is 2. The third-order valence-electron chi connectivity index (χ3n) is 8.12. The van der Waals surface area contributed by atoms with Crippen molar-refractivity contribution < 1.29 is 14.4 Å². The van der Waals surface area contributed by atoms with Gasteiger partial charge in [-0.05, 0) is 66.4 Å². The molecular weight excluding hydrogens is 526 g/mol. The molecule has 1 aliphatic heterocycles. The summed E-state index contributed by atoms with van der Waals surface area (Å²) in [4.78, 5) is 48.1. The second-order valence-corrected chi connectivity index (χ2v) is 11.0. The van der Waals surface area contributed by atoms with Crippen molar-refractivity contribution in [3.8, 4) is 0 Å². The van der Waals surface area contributed by atoms with Crippen LogP contribution in [0.1, 0.15) is 34.3 Å². The van der Waals surface area contributed by atoms with Gasteiger partial charge in [-0.15, -0.1) is 0 Å². The first kappa shape index (κ1) is 27.4. The maximum Gasteiger partial charge on any atom is 0.245 e. The number of piperazine rings is 1. The fourth-order valence-electron chi connectivity index (χ4n) is 6.06. The van der Waals surface area contributed by atoms with Crippen molar-refractivity contribution in [2.45, 2.75) is 24.9 Å². The summed E-state index contributed by atoms with van der Waals surface area (Å²) in [7, 11) is 1.96. The number of fused-ring (bicyclic) bond motifs is 1. The van der Waals surface area contributed by atoms with Crippen molar-refractivity contribution in [2.24, 2.45) is 5.92 Å². The first-order valence-corrected chi connectivity index (χ1v) is 14.2. The van der Waals surface area contributed by atoms with Crippen molar-refractivity contribution in [1.29, 1.82) is 0 Å². The summed E-state index contributed by atoms with van der Waals surface area (Å²) in [5.41, 5.74) is 4.68. The van der Waals surface area contributed by atoms with Crippen LogP contribution in [0.25, 0.3) is 0 Å². The van der Waals surface area contributed by atoms with E-state index < -0.39 is 6.04 Å². The van der Waals surface area contributed by atoms with Gasteiger partial charge in [0.15, 0.2) is 0 Å². The molecule has 1 aliphatic carbocycles. The van der Waals surface area contributed by atoms with Crippen LogP contribution in [0.2, 0.25) is 0 Å². The SMILES string of the molecule is CN1C[C@@H](c2ccccc2)N(CC(=O)Nc2ccc3c(c2)CC(C(=O)Nc2ccccn2)C3)C(=O)[C@H]1c1ccccc1. The zero-order valence-electron chi connectivity index (χ0n) is 23.4. The van der Waals surface area contributed by atoms with Crippen molar-refractivity contribution >= 4 is 29.2 Å². The zero-order chi connectivity index (χ0) is 29.1. The van der Waals surface area contributed by atoms with Crippen LogP contribution in [-0.4, -0.2) is 52.6 Å². The van der Waals surface area contributed by atoms with Crippen LogP contribution in [0, 0.1) is 5.92 Å². The van der Waals surface area contributed by atoms with Gasteiger partial charge < -0.3 is 15.5 Å². The third kappa shape index (κ3) is 5.80. The van der Waals surface area contributed by atoms with E-state index in [2.05, 4.69) is 20.5 Å². The lowest BCUT2D eigenvalue weighted by atomic mass is 9.95. The number of amides is 3. The lowest BCUT2D eigenvalue weighted by Crippen LogP contribution is -2.54. The highest BCUT2D eigenvalue weighted by molar-refractivity contribution is 5.96. The van der Waals surface area contributed by atoms with Crippen molar-refractivity contribution in [3.63, 3.8) is 0 Å². The normalized spacial score (nSPS) is 20.2.